The highest BCUT2D eigenvalue weighted by Gasteiger charge is 2.27. The Morgan fingerprint density at radius 1 is 1.29 bits per heavy atom. The molecule has 0 spiro atoms. The van der Waals surface area contributed by atoms with Crippen LogP contribution in [0.15, 0.2) is 36.4 Å². The molecule has 2 aromatic rings. The number of aliphatic carboxylic acids is 1. The van der Waals surface area contributed by atoms with Crippen molar-refractivity contribution in [2.75, 3.05) is 19.7 Å². The maximum absolute atomic E-state index is 11.1. The van der Waals surface area contributed by atoms with Crippen LogP contribution < -0.4 is 0 Å². The molecule has 34 heavy (non-hydrogen) atoms. The second kappa shape index (κ2) is 12.7. The Hall–Kier alpha value is -1.92. The Morgan fingerprint density at radius 2 is 2.09 bits per heavy atom. The van der Waals surface area contributed by atoms with E-state index in [1.54, 1.807) is 0 Å². The zero-order valence-electron chi connectivity index (χ0n) is 20.6. The third-order valence-corrected chi connectivity index (χ3v) is 7.29. The SMILES string of the molecule is CCc1cc(C[C@@H]2CCCN2C[C@@H](O)COC(C)c2cccc(C)c2CCC(=O)O)ccc1Cl. The molecule has 1 aliphatic rings. The van der Waals surface area contributed by atoms with Crippen molar-refractivity contribution in [3.8, 4) is 0 Å². The van der Waals surface area contributed by atoms with E-state index in [0.29, 0.717) is 19.0 Å². The van der Waals surface area contributed by atoms with Crippen LogP contribution in [-0.4, -0.2) is 52.9 Å². The van der Waals surface area contributed by atoms with E-state index in [2.05, 4.69) is 24.0 Å². The number of nitrogens with zero attached hydrogens (tertiary/aromatic N) is 1. The minimum absolute atomic E-state index is 0.0942. The highest BCUT2D eigenvalue weighted by molar-refractivity contribution is 6.31. The number of carbonyl (C=O) groups is 1. The number of aliphatic hydroxyl groups excluding tert-OH is 1. The molecule has 186 valence electrons. The second-order valence-electron chi connectivity index (χ2n) is 9.44. The predicted molar refractivity (Wildman–Crippen MR) is 137 cm³/mol. The van der Waals surface area contributed by atoms with Crippen LogP contribution in [0.4, 0.5) is 0 Å². The summed E-state index contributed by atoms with van der Waals surface area (Å²) in [6.45, 7) is 7.91. The van der Waals surface area contributed by atoms with E-state index in [-0.39, 0.29) is 19.1 Å². The van der Waals surface area contributed by atoms with Gasteiger partial charge in [-0.25, -0.2) is 0 Å². The van der Waals surface area contributed by atoms with Crippen LogP contribution in [0.3, 0.4) is 0 Å². The maximum Gasteiger partial charge on any atom is 0.303 e. The van der Waals surface area contributed by atoms with Crippen LogP contribution in [0, 0.1) is 6.92 Å². The predicted octanol–water partition coefficient (Wildman–Crippen LogP) is 5.37. The molecule has 1 fully saturated rings. The molecule has 0 bridgehead atoms. The van der Waals surface area contributed by atoms with Crippen molar-refractivity contribution in [3.05, 3.63) is 69.2 Å². The van der Waals surface area contributed by atoms with E-state index in [1.165, 1.54) is 11.1 Å². The first-order valence-corrected chi connectivity index (χ1v) is 12.8. The van der Waals surface area contributed by atoms with Crippen LogP contribution in [0.2, 0.25) is 5.02 Å². The Kier molecular flexibility index (Phi) is 9.96. The van der Waals surface area contributed by atoms with Crippen LogP contribution in [-0.2, 0) is 28.8 Å². The van der Waals surface area contributed by atoms with Gasteiger partial charge in [0.15, 0.2) is 0 Å². The highest BCUT2D eigenvalue weighted by atomic mass is 35.5. The van der Waals surface area contributed by atoms with Gasteiger partial charge >= 0.3 is 5.97 Å². The highest BCUT2D eigenvalue weighted by Crippen LogP contribution is 2.27. The molecule has 0 saturated carbocycles. The first-order valence-electron chi connectivity index (χ1n) is 12.4. The van der Waals surface area contributed by atoms with Crippen molar-refractivity contribution in [2.45, 2.75) is 77.5 Å². The van der Waals surface area contributed by atoms with Gasteiger partial charge in [-0.3, -0.25) is 9.69 Å². The fourth-order valence-electron chi connectivity index (χ4n) is 5.01. The molecule has 6 heteroatoms. The number of carboxylic acids is 1. The average Bonchev–Trinajstić information content (AvgIpc) is 3.23. The van der Waals surface area contributed by atoms with Gasteiger partial charge < -0.3 is 14.9 Å². The molecule has 1 unspecified atom stereocenters. The van der Waals surface area contributed by atoms with Crippen molar-refractivity contribution in [1.82, 2.24) is 4.90 Å². The van der Waals surface area contributed by atoms with E-state index in [0.717, 1.165) is 53.9 Å². The van der Waals surface area contributed by atoms with Crippen molar-refractivity contribution >= 4 is 17.6 Å². The lowest BCUT2D eigenvalue weighted by Gasteiger charge is -2.28. The molecule has 1 saturated heterocycles. The minimum Gasteiger partial charge on any atom is -0.481 e. The first-order chi connectivity index (χ1) is 16.3. The van der Waals surface area contributed by atoms with E-state index in [1.807, 2.05) is 38.1 Å². The molecular formula is C28H38ClNO4. The normalized spacial score (nSPS) is 18.2. The largest absolute Gasteiger partial charge is 0.481 e. The third-order valence-electron chi connectivity index (χ3n) is 6.92. The number of aliphatic hydroxyl groups is 1. The number of likely N-dealkylation sites (tertiary alicyclic amines) is 1. The van der Waals surface area contributed by atoms with Crippen molar-refractivity contribution in [3.63, 3.8) is 0 Å². The molecule has 1 aliphatic heterocycles. The van der Waals surface area contributed by atoms with Crippen LogP contribution in [0.1, 0.15) is 67.0 Å². The fraction of sp³-hybridized carbons (Fsp3) is 0.536. The fourth-order valence-corrected chi connectivity index (χ4v) is 5.26. The number of halogens is 1. The quantitative estimate of drug-likeness (QED) is 0.421. The number of β-amino-alcohol motifs (C(OH)–C–C–N with tert-alkyl or cyclic N) is 1. The van der Waals surface area contributed by atoms with Gasteiger partial charge in [0.2, 0.25) is 0 Å². The average molecular weight is 488 g/mol. The van der Waals surface area contributed by atoms with Gasteiger partial charge in [0.05, 0.1) is 18.8 Å². The molecule has 0 aliphatic carbocycles. The zero-order chi connectivity index (χ0) is 24.7. The van der Waals surface area contributed by atoms with E-state index in [4.69, 9.17) is 21.4 Å². The molecule has 0 aromatic heterocycles. The lowest BCUT2D eigenvalue weighted by molar-refractivity contribution is -0.136. The number of aryl methyl sites for hydroxylation is 2. The topological polar surface area (TPSA) is 70.0 Å². The summed E-state index contributed by atoms with van der Waals surface area (Å²) in [4.78, 5) is 13.4. The molecule has 3 rings (SSSR count). The van der Waals surface area contributed by atoms with Gasteiger partial charge in [-0.2, -0.15) is 0 Å². The van der Waals surface area contributed by atoms with Gasteiger partial charge in [-0.1, -0.05) is 48.9 Å². The lowest BCUT2D eigenvalue weighted by atomic mass is 9.95. The first kappa shape index (κ1) is 26.7. The summed E-state index contributed by atoms with van der Waals surface area (Å²) in [7, 11) is 0. The monoisotopic (exact) mass is 487 g/mol. The summed E-state index contributed by atoms with van der Waals surface area (Å²) in [6.07, 6.45) is 3.94. The number of benzene rings is 2. The number of hydrogen-bond donors (Lipinski definition) is 2. The Balaban J connectivity index is 1.55. The maximum atomic E-state index is 11.1. The molecule has 3 atom stereocenters. The second-order valence-corrected chi connectivity index (χ2v) is 9.85. The summed E-state index contributed by atoms with van der Waals surface area (Å²) in [6, 6.07) is 12.7. The molecule has 1 heterocycles. The van der Waals surface area contributed by atoms with Gasteiger partial charge in [0.25, 0.3) is 0 Å². The summed E-state index contributed by atoms with van der Waals surface area (Å²) in [5.74, 6) is -0.803. The van der Waals surface area contributed by atoms with Crippen LogP contribution in [0.5, 0.6) is 0 Å². The Labute approximate surface area is 208 Å². The smallest absolute Gasteiger partial charge is 0.303 e. The van der Waals surface area contributed by atoms with Crippen molar-refractivity contribution < 1.29 is 19.7 Å². The zero-order valence-corrected chi connectivity index (χ0v) is 21.4. The third kappa shape index (κ3) is 7.29. The summed E-state index contributed by atoms with van der Waals surface area (Å²) >= 11 is 6.28. The lowest BCUT2D eigenvalue weighted by Crippen LogP contribution is -2.39. The number of ether oxygens (including phenoxy) is 1. The van der Waals surface area contributed by atoms with E-state index in [9.17, 15) is 9.90 Å². The van der Waals surface area contributed by atoms with Gasteiger partial charge in [0.1, 0.15) is 0 Å². The summed E-state index contributed by atoms with van der Waals surface area (Å²) in [5.41, 5.74) is 5.59. The number of carboxylic acid groups (broad SMARTS) is 1. The molecular weight excluding hydrogens is 450 g/mol. The Bertz CT molecular complexity index is 963. The molecule has 2 N–H and O–H groups in total. The molecule has 5 nitrogen and oxygen atoms in total. The van der Waals surface area contributed by atoms with Gasteiger partial charge in [-0.15, -0.1) is 0 Å². The Morgan fingerprint density at radius 3 is 2.82 bits per heavy atom. The van der Waals surface area contributed by atoms with Crippen LogP contribution >= 0.6 is 11.6 Å². The summed E-state index contributed by atoms with van der Waals surface area (Å²) < 4.78 is 6.06. The summed E-state index contributed by atoms with van der Waals surface area (Å²) in [5, 5.41) is 20.7. The van der Waals surface area contributed by atoms with E-state index < -0.39 is 12.1 Å². The number of hydrogen-bond acceptors (Lipinski definition) is 4. The molecule has 0 radical (unpaired) electrons. The molecule has 0 amide bonds. The van der Waals surface area contributed by atoms with Crippen molar-refractivity contribution in [1.29, 1.82) is 0 Å². The van der Waals surface area contributed by atoms with Crippen LogP contribution in [0.25, 0.3) is 0 Å². The van der Waals surface area contributed by atoms with Crippen molar-refractivity contribution in [2.24, 2.45) is 0 Å². The minimum atomic E-state index is -0.803. The van der Waals surface area contributed by atoms with E-state index >= 15 is 0 Å². The molecule has 2 aromatic carbocycles. The van der Waals surface area contributed by atoms with Gasteiger partial charge in [0, 0.05) is 24.0 Å². The number of rotatable bonds is 12. The van der Waals surface area contributed by atoms with Gasteiger partial charge in [-0.05, 0) is 86.4 Å². The standard InChI is InChI=1S/C28H38ClNO4/c1-4-22-15-21(10-12-27(22)29)16-23-8-6-14-30(23)17-24(31)18-34-20(3)26-9-5-7-19(2)25(26)11-13-28(32)33/h5,7,9-10,12,15,20,23-24,31H,4,6,8,11,13-14,16-18H2,1-3H3,(H,32,33)/t20?,23-,24+/m0/s1.